The van der Waals surface area contributed by atoms with E-state index in [1.807, 2.05) is 57.2 Å². The minimum absolute atomic E-state index is 0.261. The number of nitrogens with zero attached hydrogens (tertiary/aromatic N) is 2. The number of nitrogens with one attached hydrogen (secondary N) is 2. The summed E-state index contributed by atoms with van der Waals surface area (Å²) in [6.07, 6.45) is 0. The van der Waals surface area contributed by atoms with Crippen LogP contribution >= 0.6 is 0 Å². The van der Waals surface area contributed by atoms with Crippen LogP contribution in [0.2, 0.25) is 0 Å². The van der Waals surface area contributed by atoms with Crippen molar-refractivity contribution >= 4 is 23.2 Å². The molecule has 1 amide bonds. The first-order chi connectivity index (χ1) is 12.4. The van der Waals surface area contributed by atoms with Crippen LogP contribution in [0, 0.1) is 27.7 Å². The Hall–Kier alpha value is -3.21. The van der Waals surface area contributed by atoms with Crippen molar-refractivity contribution in [1.29, 1.82) is 0 Å². The molecule has 1 heterocycles. The SMILES string of the molecule is Cc1ccc(NC(=O)c2cc(C)nc(Nc3cccc(C)c3C)n2)cc1. The van der Waals surface area contributed by atoms with E-state index in [2.05, 4.69) is 33.6 Å². The Bertz CT molecular complexity index is 949. The monoisotopic (exact) mass is 346 g/mol. The molecule has 0 saturated carbocycles. The molecule has 5 nitrogen and oxygen atoms in total. The van der Waals surface area contributed by atoms with Crippen LogP contribution < -0.4 is 10.6 Å². The largest absolute Gasteiger partial charge is 0.324 e. The molecule has 0 radical (unpaired) electrons. The second-order valence-corrected chi connectivity index (χ2v) is 6.41. The standard InChI is InChI=1S/C21H22N4O/c1-13-8-10-17(11-9-13)23-20(26)19-12-15(3)22-21(25-19)24-18-7-5-6-14(2)16(18)4/h5-12H,1-4H3,(H,23,26)(H,22,24,25). The summed E-state index contributed by atoms with van der Waals surface area (Å²) in [5.74, 6) is 0.149. The fraction of sp³-hybridized carbons (Fsp3) is 0.190. The summed E-state index contributed by atoms with van der Waals surface area (Å²) in [5.41, 5.74) is 6.17. The van der Waals surface area contributed by atoms with Gasteiger partial charge in [-0.1, -0.05) is 29.8 Å². The molecule has 132 valence electrons. The Morgan fingerprint density at radius 3 is 2.38 bits per heavy atom. The van der Waals surface area contributed by atoms with Gasteiger partial charge in [0.15, 0.2) is 0 Å². The molecule has 3 aromatic rings. The van der Waals surface area contributed by atoms with Crippen LogP contribution in [-0.2, 0) is 0 Å². The lowest BCUT2D eigenvalue weighted by molar-refractivity contribution is 0.102. The lowest BCUT2D eigenvalue weighted by Crippen LogP contribution is -2.15. The topological polar surface area (TPSA) is 66.9 Å². The molecule has 3 rings (SSSR count). The molecule has 26 heavy (non-hydrogen) atoms. The molecule has 0 fully saturated rings. The van der Waals surface area contributed by atoms with Gasteiger partial charge in [-0.05, 0) is 63.1 Å². The first kappa shape index (κ1) is 17.6. The van der Waals surface area contributed by atoms with Crippen molar-refractivity contribution in [2.45, 2.75) is 27.7 Å². The first-order valence-corrected chi connectivity index (χ1v) is 8.49. The number of aryl methyl sites for hydroxylation is 3. The number of amides is 1. The normalized spacial score (nSPS) is 10.5. The molecule has 0 aliphatic carbocycles. The van der Waals surface area contributed by atoms with E-state index in [0.29, 0.717) is 11.6 Å². The molecule has 0 unspecified atom stereocenters. The third kappa shape index (κ3) is 4.06. The van der Waals surface area contributed by atoms with Gasteiger partial charge in [0.2, 0.25) is 5.95 Å². The number of anilines is 3. The minimum Gasteiger partial charge on any atom is -0.324 e. The average Bonchev–Trinajstić information content (AvgIpc) is 2.60. The molecular weight excluding hydrogens is 324 g/mol. The molecule has 0 saturated heterocycles. The highest BCUT2D eigenvalue weighted by atomic mass is 16.1. The van der Waals surface area contributed by atoms with Crippen molar-refractivity contribution in [3.8, 4) is 0 Å². The maximum Gasteiger partial charge on any atom is 0.274 e. The van der Waals surface area contributed by atoms with Crippen LogP contribution in [0.5, 0.6) is 0 Å². The van der Waals surface area contributed by atoms with Crippen molar-refractivity contribution in [1.82, 2.24) is 9.97 Å². The quantitative estimate of drug-likeness (QED) is 0.718. The number of hydrogen-bond acceptors (Lipinski definition) is 4. The zero-order valence-corrected chi connectivity index (χ0v) is 15.4. The number of rotatable bonds is 4. The van der Waals surface area contributed by atoms with Gasteiger partial charge in [-0.2, -0.15) is 0 Å². The molecule has 0 aliphatic rings. The molecule has 1 aromatic heterocycles. The Balaban J connectivity index is 1.84. The van der Waals surface area contributed by atoms with Gasteiger partial charge in [0, 0.05) is 17.1 Å². The number of carbonyl (C=O) groups is 1. The van der Waals surface area contributed by atoms with Crippen molar-refractivity contribution in [3.63, 3.8) is 0 Å². The summed E-state index contributed by atoms with van der Waals surface area (Å²) in [6.45, 7) is 7.94. The number of aromatic nitrogens is 2. The maximum absolute atomic E-state index is 12.5. The number of hydrogen-bond donors (Lipinski definition) is 2. The van der Waals surface area contributed by atoms with Crippen LogP contribution in [0.15, 0.2) is 48.5 Å². The fourth-order valence-corrected chi connectivity index (χ4v) is 2.58. The molecule has 0 bridgehead atoms. The molecule has 0 atom stereocenters. The summed E-state index contributed by atoms with van der Waals surface area (Å²) in [5, 5.41) is 6.09. The summed E-state index contributed by atoms with van der Waals surface area (Å²) in [6, 6.07) is 15.3. The van der Waals surface area contributed by atoms with Crippen LogP contribution in [0.1, 0.15) is 32.9 Å². The van der Waals surface area contributed by atoms with Gasteiger partial charge >= 0.3 is 0 Å². The van der Waals surface area contributed by atoms with Gasteiger partial charge in [-0.3, -0.25) is 4.79 Å². The predicted octanol–water partition coefficient (Wildman–Crippen LogP) is 4.71. The van der Waals surface area contributed by atoms with Crippen molar-refractivity contribution in [3.05, 3.63) is 76.6 Å². The fourth-order valence-electron chi connectivity index (χ4n) is 2.58. The van der Waals surface area contributed by atoms with Gasteiger partial charge in [0.05, 0.1) is 0 Å². The Morgan fingerprint density at radius 2 is 1.65 bits per heavy atom. The highest BCUT2D eigenvalue weighted by Crippen LogP contribution is 2.21. The van der Waals surface area contributed by atoms with Crippen molar-refractivity contribution in [2.24, 2.45) is 0 Å². The summed E-state index contributed by atoms with van der Waals surface area (Å²) in [4.78, 5) is 21.3. The zero-order chi connectivity index (χ0) is 18.7. The summed E-state index contributed by atoms with van der Waals surface area (Å²) < 4.78 is 0. The van der Waals surface area contributed by atoms with Gasteiger partial charge < -0.3 is 10.6 Å². The number of benzene rings is 2. The molecule has 5 heteroatoms. The van der Waals surface area contributed by atoms with Gasteiger partial charge in [-0.15, -0.1) is 0 Å². The predicted molar refractivity (Wildman–Crippen MR) is 105 cm³/mol. The molecule has 0 aliphatic heterocycles. The van der Waals surface area contributed by atoms with E-state index in [1.165, 1.54) is 5.56 Å². The summed E-state index contributed by atoms with van der Waals surface area (Å²) >= 11 is 0. The molecule has 2 aromatic carbocycles. The van der Waals surface area contributed by atoms with E-state index in [9.17, 15) is 4.79 Å². The lowest BCUT2D eigenvalue weighted by Gasteiger charge is -2.12. The Labute approximate surface area is 153 Å². The minimum atomic E-state index is -0.261. The highest BCUT2D eigenvalue weighted by molar-refractivity contribution is 6.03. The van der Waals surface area contributed by atoms with Crippen LogP contribution in [0.4, 0.5) is 17.3 Å². The van der Waals surface area contributed by atoms with Crippen LogP contribution in [-0.4, -0.2) is 15.9 Å². The third-order valence-corrected chi connectivity index (χ3v) is 4.25. The van der Waals surface area contributed by atoms with E-state index in [-0.39, 0.29) is 5.91 Å². The van der Waals surface area contributed by atoms with E-state index in [1.54, 1.807) is 6.07 Å². The van der Waals surface area contributed by atoms with Crippen LogP contribution in [0.3, 0.4) is 0 Å². The number of carbonyl (C=O) groups excluding carboxylic acids is 1. The van der Waals surface area contributed by atoms with Gasteiger partial charge in [0.1, 0.15) is 5.69 Å². The van der Waals surface area contributed by atoms with Crippen LogP contribution in [0.25, 0.3) is 0 Å². The van der Waals surface area contributed by atoms with E-state index in [0.717, 1.165) is 28.2 Å². The summed E-state index contributed by atoms with van der Waals surface area (Å²) in [7, 11) is 0. The highest BCUT2D eigenvalue weighted by Gasteiger charge is 2.12. The van der Waals surface area contributed by atoms with E-state index in [4.69, 9.17) is 0 Å². The second kappa shape index (κ2) is 7.35. The van der Waals surface area contributed by atoms with Crippen molar-refractivity contribution < 1.29 is 4.79 Å². The zero-order valence-electron chi connectivity index (χ0n) is 15.4. The average molecular weight is 346 g/mol. The molecule has 2 N–H and O–H groups in total. The lowest BCUT2D eigenvalue weighted by atomic mass is 10.1. The molecule has 0 spiro atoms. The van der Waals surface area contributed by atoms with Gasteiger partial charge in [0.25, 0.3) is 5.91 Å². The van der Waals surface area contributed by atoms with E-state index < -0.39 is 0 Å². The second-order valence-electron chi connectivity index (χ2n) is 6.41. The smallest absolute Gasteiger partial charge is 0.274 e. The third-order valence-electron chi connectivity index (χ3n) is 4.25. The maximum atomic E-state index is 12.5. The van der Waals surface area contributed by atoms with E-state index >= 15 is 0 Å². The molecular formula is C21H22N4O. The Morgan fingerprint density at radius 1 is 0.923 bits per heavy atom. The van der Waals surface area contributed by atoms with Gasteiger partial charge in [-0.25, -0.2) is 9.97 Å². The Kier molecular flexibility index (Phi) is 4.98. The van der Waals surface area contributed by atoms with Crippen molar-refractivity contribution in [2.75, 3.05) is 10.6 Å². The first-order valence-electron chi connectivity index (χ1n) is 8.49.